The molecular weight excluding hydrogens is 1580 g/mol. The van der Waals surface area contributed by atoms with E-state index in [1.165, 1.54) is 0 Å². The summed E-state index contributed by atoms with van der Waals surface area (Å²) < 4.78 is 42.7. The first-order chi connectivity index (χ1) is 57.1. The molecule has 5 unspecified atom stereocenters. The van der Waals surface area contributed by atoms with E-state index in [2.05, 4.69) is 20.8 Å². The van der Waals surface area contributed by atoms with Gasteiger partial charge in [0.1, 0.15) is 54.9 Å². The molecular formula is C84H150O36. The Morgan fingerprint density at radius 3 is 0.850 bits per heavy atom. The van der Waals surface area contributed by atoms with Gasteiger partial charge in [0, 0.05) is 81.4 Å². The summed E-state index contributed by atoms with van der Waals surface area (Å²) >= 11 is 0. The normalized spacial score (nSPS) is 21.3. The van der Waals surface area contributed by atoms with Crippen molar-refractivity contribution in [2.24, 2.45) is 16.2 Å². The highest BCUT2D eigenvalue weighted by Gasteiger charge is 2.47. The minimum absolute atomic E-state index is 0.00756. The first kappa shape index (κ1) is 111. The van der Waals surface area contributed by atoms with Crippen LogP contribution >= 0.6 is 0 Å². The fraction of sp³-hybridized carbons (Fsp3) is 0.810. The number of unbranched alkanes of at least 4 members (excludes halogenated alkanes) is 21. The van der Waals surface area contributed by atoms with Crippen LogP contribution in [0.3, 0.4) is 0 Å². The molecule has 1 saturated heterocycles. The second-order valence-corrected chi connectivity index (χ2v) is 32.1. The number of aliphatic hydroxyl groups is 29. The smallest absolute Gasteiger partial charge is 0.217 e. The molecule has 36 heteroatoms. The number of rotatable bonds is 72. The second-order valence-electron chi connectivity index (χ2n) is 32.1. The summed E-state index contributed by atoms with van der Waals surface area (Å²) in [6, 6.07) is 4.80. The van der Waals surface area contributed by atoms with Gasteiger partial charge in [-0.15, -0.1) is 0 Å². The zero-order valence-electron chi connectivity index (χ0n) is 70.5. The molecule has 1 aliphatic rings. The average molecular weight is 1740 g/mol. The van der Waals surface area contributed by atoms with Crippen LogP contribution in [-0.4, -0.2) is 320 Å². The van der Waals surface area contributed by atoms with Crippen molar-refractivity contribution in [2.75, 3.05) is 79.3 Å². The minimum atomic E-state index is -2.49. The fourth-order valence-corrected chi connectivity index (χ4v) is 14.3. The average Bonchev–Trinajstić information content (AvgIpc) is 0.782. The summed E-state index contributed by atoms with van der Waals surface area (Å²) in [6.45, 7) is -2.57. The highest BCUT2D eigenvalue weighted by atomic mass is 16.7. The molecule has 29 N–H and O–H groups in total. The van der Waals surface area contributed by atoms with E-state index < -0.39 is 278 Å². The summed E-state index contributed by atoms with van der Waals surface area (Å²) in [5, 5.41) is 315. The summed E-state index contributed by atoms with van der Waals surface area (Å²) in [5.41, 5.74) is -4.35. The summed E-state index contributed by atoms with van der Waals surface area (Å²) in [5.74, 6) is -12.4. The molecule has 0 aromatic heterocycles. The third-order valence-corrected chi connectivity index (χ3v) is 21.9. The molecule has 0 bridgehead atoms. The van der Waals surface area contributed by atoms with Crippen LogP contribution in [0.5, 0.6) is 0 Å². The molecule has 1 aliphatic heterocycles. The molecule has 0 aliphatic carbocycles. The van der Waals surface area contributed by atoms with E-state index in [9.17, 15) is 148 Å². The van der Waals surface area contributed by atoms with Crippen molar-refractivity contribution >= 4 is 0 Å². The monoisotopic (exact) mass is 1730 g/mol. The van der Waals surface area contributed by atoms with Crippen molar-refractivity contribution in [1.29, 1.82) is 0 Å². The van der Waals surface area contributed by atoms with Crippen molar-refractivity contribution in [3.8, 4) is 0 Å². The highest BCUT2D eigenvalue weighted by molar-refractivity contribution is 5.35. The van der Waals surface area contributed by atoms with Gasteiger partial charge in [-0.1, -0.05) is 193 Å². The first-order valence-corrected chi connectivity index (χ1v) is 42.7. The maximum Gasteiger partial charge on any atom is 0.217 e. The van der Waals surface area contributed by atoms with Gasteiger partial charge in [-0.05, 0) is 55.2 Å². The maximum atomic E-state index is 11.8. The van der Waals surface area contributed by atoms with Crippen LogP contribution in [0, 0.1) is 16.2 Å². The molecule has 36 nitrogen and oxygen atoms in total. The third kappa shape index (κ3) is 39.6. The molecule has 0 saturated carbocycles. The van der Waals surface area contributed by atoms with E-state index >= 15 is 0 Å². The molecule has 702 valence electrons. The third-order valence-electron chi connectivity index (χ3n) is 21.9. The molecule has 120 heavy (non-hydrogen) atoms. The quantitative estimate of drug-likeness (QED) is 0.0211. The Kier molecular flexibility index (Phi) is 56.7. The standard InChI is InChI=1S/C84H150O36/c1-4-7-10-13-16-19-22-25-35-82(48-114-76(109)70(103)63(96)57(91)30-38-85,49-115-77(110)71(104)64(97)58(92)31-39-86)44-54-28-29-55(45-83(36-26-23-20-17-14-11-8-5-2,50-116-78(111)72(105)65(98)59(93)32-40-87)51-117-79(112)73(106)66(99)60(94)33-41-88)56(43-54)46-84(37-27-24-21-18-15-12-9-6-3,52-118-80(113)74(107)67(100)61(95)34-42-89)53-119-81-75(108)69(102)68(101)62(47-90)120-81/h28-29,43,57-62,68-69,75-81,85-113H,4-27,30-42,44-53H2,1-3H3/b70-63-,71-64+,72-65-,73-66-,74-67+/t57-,58-,59-,60-,61-,62?,68-,69?,75?,76+,77+,78-,79+,80+,81-,82?,83?,84-/m1/s1. The van der Waals surface area contributed by atoms with Crippen LogP contribution < -0.4 is 0 Å². The van der Waals surface area contributed by atoms with Crippen LogP contribution in [0.4, 0.5) is 0 Å². The van der Waals surface area contributed by atoms with Crippen molar-refractivity contribution in [3.63, 3.8) is 0 Å². The van der Waals surface area contributed by atoms with Crippen molar-refractivity contribution in [2.45, 2.75) is 338 Å². The van der Waals surface area contributed by atoms with Gasteiger partial charge in [-0.25, -0.2) is 0 Å². The van der Waals surface area contributed by atoms with Crippen LogP contribution in [0.15, 0.2) is 75.8 Å². The maximum absolute atomic E-state index is 11.8. The molecule has 1 heterocycles. The molecule has 0 amide bonds. The van der Waals surface area contributed by atoms with Crippen LogP contribution in [0.1, 0.15) is 243 Å². The molecule has 18 atom stereocenters. The van der Waals surface area contributed by atoms with Gasteiger partial charge in [-0.3, -0.25) is 0 Å². The Morgan fingerprint density at radius 1 is 0.317 bits per heavy atom. The zero-order valence-corrected chi connectivity index (χ0v) is 70.5. The fourth-order valence-electron chi connectivity index (χ4n) is 14.3. The van der Waals surface area contributed by atoms with E-state index in [1.807, 2.05) is 0 Å². The Labute approximate surface area is 704 Å². The van der Waals surface area contributed by atoms with Gasteiger partial charge in [0.05, 0.1) is 46.2 Å². The Hall–Kier alpha value is -5.12. The first-order valence-electron chi connectivity index (χ1n) is 42.7. The Morgan fingerprint density at radius 2 is 0.575 bits per heavy atom. The lowest BCUT2D eigenvalue weighted by Crippen LogP contribution is -2.59. The minimum Gasteiger partial charge on any atom is -0.506 e. The van der Waals surface area contributed by atoms with Crippen LogP contribution in [-0.2, 0) is 52.4 Å². The van der Waals surface area contributed by atoms with Gasteiger partial charge in [0.25, 0.3) is 0 Å². The van der Waals surface area contributed by atoms with E-state index in [-0.39, 0.29) is 68.1 Å². The molecule has 0 radical (unpaired) electrons. The molecule has 1 aromatic carbocycles. The van der Waals surface area contributed by atoms with E-state index in [1.54, 1.807) is 18.2 Å². The molecule has 0 spiro atoms. The van der Waals surface area contributed by atoms with Gasteiger partial charge in [0.2, 0.25) is 31.5 Å². The van der Waals surface area contributed by atoms with Gasteiger partial charge in [-0.2, -0.15) is 0 Å². The van der Waals surface area contributed by atoms with E-state index in [0.29, 0.717) is 44.9 Å². The zero-order chi connectivity index (χ0) is 90.0. The summed E-state index contributed by atoms with van der Waals surface area (Å²) in [7, 11) is 0. The second kappa shape index (κ2) is 61.3. The number of ether oxygens (including phenoxy) is 7. The number of benzene rings is 1. The van der Waals surface area contributed by atoms with Gasteiger partial charge < -0.3 is 181 Å². The van der Waals surface area contributed by atoms with Crippen molar-refractivity contribution < 1.29 is 181 Å². The molecule has 1 fully saturated rings. The van der Waals surface area contributed by atoms with Gasteiger partial charge >= 0.3 is 0 Å². The number of hydrogen-bond acceptors (Lipinski definition) is 36. The predicted molar refractivity (Wildman–Crippen MR) is 436 cm³/mol. The predicted octanol–water partition coefficient (Wildman–Crippen LogP) is 5.71. The highest BCUT2D eigenvalue weighted by Crippen LogP contribution is 2.42. The summed E-state index contributed by atoms with van der Waals surface area (Å²) in [4.78, 5) is 0. The van der Waals surface area contributed by atoms with E-state index in [0.717, 1.165) is 96.3 Å². The Balaban J connectivity index is 3.71. The lowest BCUT2D eigenvalue weighted by molar-refractivity contribution is -0.308. The number of aliphatic hydroxyl groups excluding tert-OH is 29. The summed E-state index contributed by atoms with van der Waals surface area (Å²) in [6.07, 6.45) is -17.1. The van der Waals surface area contributed by atoms with Crippen molar-refractivity contribution in [3.05, 3.63) is 92.5 Å². The molecule has 1 aromatic rings. The van der Waals surface area contributed by atoms with Crippen LogP contribution in [0.2, 0.25) is 0 Å². The van der Waals surface area contributed by atoms with E-state index in [4.69, 9.17) is 33.2 Å². The molecule has 2 rings (SSSR count). The lowest BCUT2D eigenvalue weighted by atomic mass is 9.72. The topological polar surface area (TPSA) is 651 Å². The Bertz CT molecular complexity index is 2950. The van der Waals surface area contributed by atoms with Crippen molar-refractivity contribution in [1.82, 2.24) is 0 Å². The SMILES string of the molecule is CCCCCCCCCCC(CO[C@H](O)/C(O)=C(/O)[C@H](O)CCO)(CO[C@H](O)/C(O)=C(\O)[C@H](O)CCO)Cc1ccc(CC(CCCCCCCCCC)(CO[C@@H](O)/C(O)=C(/O)[C@H](O)CCO)CO[C@H](O)/C(O)=C(/O)[C@H](O)CCO)c(C[C@@](CCCCCCCCCC)(CO[C@@H]2OC(CO)[C@@H](O)C(O)C2O)CO[C@H](O)/C(O)=C(\O)[C@H](O)CCO)c1. The number of hydrogen-bond donors (Lipinski definition) is 29. The van der Waals surface area contributed by atoms with Gasteiger partial charge in [0.15, 0.2) is 63.9 Å². The lowest BCUT2D eigenvalue weighted by Gasteiger charge is -2.42. The van der Waals surface area contributed by atoms with Crippen LogP contribution in [0.25, 0.3) is 0 Å². The largest absolute Gasteiger partial charge is 0.506 e.